The van der Waals surface area contributed by atoms with Crippen LogP contribution in [0.25, 0.3) is 10.9 Å². The third-order valence-corrected chi connectivity index (χ3v) is 9.92. The zero-order valence-corrected chi connectivity index (χ0v) is 37.3. The molecule has 1 fully saturated rings. The molecule has 5 amide bonds. The van der Waals surface area contributed by atoms with Crippen molar-refractivity contribution in [3.8, 4) is 0 Å². The van der Waals surface area contributed by atoms with E-state index < -0.39 is 53.1 Å². The molecule has 15 nitrogen and oxygen atoms in total. The fourth-order valence-electron chi connectivity index (χ4n) is 7.00. The lowest BCUT2D eigenvalue weighted by atomic mass is 9.85. The maximum atomic E-state index is 14.2. The maximum absolute atomic E-state index is 14.2. The summed E-state index contributed by atoms with van der Waals surface area (Å²) in [6.07, 6.45) is 7.41. The molecular weight excluding hydrogens is 755 g/mol. The molecule has 1 aromatic carbocycles. The highest BCUT2D eigenvalue weighted by atomic mass is 16.6. The summed E-state index contributed by atoms with van der Waals surface area (Å²) in [6, 6.07) is 7.60. The standard InChI is InChI=1S/C44H71N7O8/c1-42(2,3)57-39(54)45-24-27-51(10,28-25-46-40(55)58-43(4,5)6)26-16-21-35(50-41(56)59-44(7,8)9)38(53)49-36(23-22-31-17-12-11-13-18-31)37(52)48-33-29-32-19-14-15-20-34(32)47-30-33/h14-15,19-20,29-31,35-36H,11-13,16-18,21-28H2,1-10H3,(H4-,45,46,48,49,50,52,53,54,55,56)/p+1/t35-,36-/m0/s1. The molecule has 1 saturated carbocycles. The van der Waals surface area contributed by atoms with Gasteiger partial charge < -0.3 is 45.3 Å². The number of para-hydroxylation sites is 1. The number of likely N-dealkylation sites (N-methyl/N-ethyl adjacent to an activating group) is 1. The van der Waals surface area contributed by atoms with Crippen LogP contribution in [-0.4, -0.2) is 108 Å². The van der Waals surface area contributed by atoms with E-state index in [1.807, 2.05) is 37.4 Å². The van der Waals surface area contributed by atoms with Crippen molar-refractivity contribution in [1.82, 2.24) is 26.3 Å². The van der Waals surface area contributed by atoms with Crippen LogP contribution in [0.2, 0.25) is 0 Å². The van der Waals surface area contributed by atoms with E-state index in [1.165, 1.54) is 6.42 Å². The van der Waals surface area contributed by atoms with Crippen LogP contribution in [0.3, 0.4) is 0 Å². The molecular formula is C44H72N7O8+. The van der Waals surface area contributed by atoms with Crippen molar-refractivity contribution in [2.24, 2.45) is 5.92 Å². The molecule has 2 atom stereocenters. The van der Waals surface area contributed by atoms with Gasteiger partial charge in [-0.3, -0.25) is 14.6 Å². The Balaban J connectivity index is 1.79. The topological polar surface area (TPSA) is 186 Å². The van der Waals surface area contributed by atoms with Gasteiger partial charge in [0.25, 0.3) is 0 Å². The lowest BCUT2D eigenvalue weighted by Gasteiger charge is -2.35. The van der Waals surface area contributed by atoms with E-state index in [-0.39, 0.29) is 12.3 Å². The number of carbonyl (C=O) groups excluding carboxylic acids is 5. The van der Waals surface area contributed by atoms with E-state index in [9.17, 15) is 24.0 Å². The predicted molar refractivity (Wildman–Crippen MR) is 230 cm³/mol. The second kappa shape index (κ2) is 22.1. The van der Waals surface area contributed by atoms with Crippen LogP contribution in [0.1, 0.15) is 120 Å². The number of carbonyl (C=O) groups is 5. The molecule has 0 unspecified atom stereocenters. The molecule has 1 heterocycles. The van der Waals surface area contributed by atoms with Crippen molar-refractivity contribution in [2.75, 3.05) is 45.1 Å². The average molecular weight is 827 g/mol. The Labute approximate surface area is 351 Å². The van der Waals surface area contributed by atoms with E-state index in [2.05, 4.69) is 31.6 Å². The quantitative estimate of drug-likeness (QED) is 0.0767. The van der Waals surface area contributed by atoms with Gasteiger partial charge in [-0.05, 0) is 106 Å². The zero-order valence-electron chi connectivity index (χ0n) is 37.3. The summed E-state index contributed by atoms with van der Waals surface area (Å²) in [5.41, 5.74) is -0.788. The molecule has 0 aliphatic heterocycles. The Morgan fingerprint density at radius 2 is 1.25 bits per heavy atom. The highest BCUT2D eigenvalue weighted by molar-refractivity contribution is 5.99. The molecule has 59 heavy (non-hydrogen) atoms. The molecule has 2 aromatic rings. The van der Waals surface area contributed by atoms with Gasteiger partial charge in [0, 0.05) is 5.39 Å². The van der Waals surface area contributed by atoms with Crippen molar-refractivity contribution in [3.05, 3.63) is 36.5 Å². The molecule has 0 saturated heterocycles. The van der Waals surface area contributed by atoms with Crippen molar-refractivity contribution < 1.29 is 42.7 Å². The molecule has 0 radical (unpaired) electrons. The third kappa shape index (κ3) is 19.8. The zero-order chi connectivity index (χ0) is 43.9. The minimum absolute atomic E-state index is 0.226. The minimum Gasteiger partial charge on any atom is -0.444 e. The first-order chi connectivity index (χ1) is 27.5. The number of nitrogens with one attached hydrogen (secondary N) is 5. The molecule has 3 rings (SSSR count). The number of benzene rings is 1. The van der Waals surface area contributed by atoms with Crippen LogP contribution in [0.15, 0.2) is 36.5 Å². The summed E-state index contributed by atoms with van der Waals surface area (Å²) in [4.78, 5) is 70.7. The van der Waals surface area contributed by atoms with Gasteiger partial charge in [0.1, 0.15) is 28.9 Å². The number of hydrogen-bond donors (Lipinski definition) is 5. The number of pyridine rings is 1. The minimum atomic E-state index is -1.02. The first-order valence-electron chi connectivity index (χ1n) is 21.2. The van der Waals surface area contributed by atoms with Crippen LogP contribution >= 0.6 is 0 Å². The van der Waals surface area contributed by atoms with Gasteiger partial charge in [-0.15, -0.1) is 0 Å². The van der Waals surface area contributed by atoms with E-state index in [4.69, 9.17) is 14.2 Å². The van der Waals surface area contributed by atoms with Gasteiger partial charge >= 0.3 is 18.3 Å². The van der Waals surface area contributed by atoms with E-state index in [0.29, 0.717) is 61.7 Å². The molecule has 15 heteroatoms. The predicted octanol–water partition coefficient (Wildman–Crippen LogP) is 7.19. The van der Waals surface area contributed by atoms with Crippen molar-refractivity contribution >= 4 is 46.7 Å². The highest BCUT2D eigenvalue weighted by Gasteiger charge is 2.31. The number of nitrogens with zero attached hydrogens (tertiary/aromatic N) is 2. The van der Waals surface area contributed by atoms with Gasteiger partial charge in [0.15, 0.2) is 0 Å². The first-order valence-corrected chi connectivity index (χ1v) is 21.2. The second-order valence-corrected chi connectivity index (χ2v) is 19.0. The summed E-state index contributed by atoms with van der Waals surface area (Å²) < 4.78 is 16.8. The first kappa shape index (κ1) is 48.7. The average Bonchev–Trinajstić information content (AvgIpc) is 3.11. The third-order valence-electron chi connectivity index (χ3n) is 9.92. The molecule has 5 N–H and O–H groups in total. The van der Waals surface area contributed by atoms with Crippen LogP contribution in [-0.2, 0) is 23.8 Å². The molecule has 1 aliphatic carbocycles. The van der Waals surface area contributed by atoms with Crippen molar-refractivity contribution in [1.29, 1.82) is 0 Å². The number of aromatic nitrogens is 1. The van der Waals surface area contributed by atoms with Crippen molar-refractivity contribution in [3.63, 3.8) is 0 Å². The number of fused-ring (bicyclic) bond motifs is 1. The van der Waals surface area contributed by atoms with E-state index in [1.54, 1.807) is 68.5 Å². The Morgan fingerprint density at radius 3 is 1.83 bits per heavy atom. The lowest BCUT2D eigenvalue weighted by molar-refractivity contribution is -0.907. The maximum Gasteiger partial charge on any atom is 0.408 e. The summed E-state index contributed by atoms with van der Waals surface area (Å²) in [5.74, 6) is -0.385. The van der Waals surface area contributed by atoms with Crippen molar-refractivity contribution in [2.45, 2.75) is 149 Å². The fraction of sp³-hybridized carbons (Fsp3) is 0.682. The molecule has 0 bridgehead atoms. The summed E-state index contributed by atoms with van der Waals surface area (Å²) in [7, 11) is 2.00. The molecule has 0 spiro atoms. The number of hydrogen-bond acceptors (Lipinski definition) is 9. The normalized spacial score (nSPS) is 15.0. The largest absolute Gasteiger partial charge is 0.444 e. The Morgan fingerprint density at radius 1 is 0.712 bits per heavy atom. The number of rotatable bonds is 18. The smallest absolute Gasteiger partial charge is 0.408 e. The molecule has 1 aliphatic rings. The summed E-state index contributed by atoms with van der Waals surface area (Å²) in [6.45, 7) is 18.1. The SMILES string of the molecule is CC(C)(C)OC(=O)NCC[N+](C)(CCC[C@H](NC(=O)OC(C)(C)C)C(=O)N[C@@H](CCC1CCCCC1)C(=O)Nc1cnc2ccccc2c1)CCNC(=O)OC(C)(C)C. The monoisotopic (exact) mass is 827 g/mol. The van der Waals surface area contributed by atoms with Crippen LogP contribution in [0.5, 0.6) is 0 Å². The summed E-state index contributed by atoms with van der Waals surface area (Å²) >= 11 is 0. The number of ether oxygens (including phenoxy) is 3. The highest BCUT2D eigenvalue weighted by Crippen LogP contribution is 2.28. The molecule has 330 valence electrons. The van der Waals surface area contributed by atoms with E-state index in [0.717, 1.165) is 43.0 Å². The van der Waals surface area contributed by atoms with Gasteiger partial charge in [-0.25, -0.2) is 14.4 Å². The Kier molecular flexibility index (Phi) is 18.2. The van der Waals surface area contributed by atoms with Gasteiger partial charge in [-0.2, -0.15) is 0 Å². The number of anilines is 1. The Bertz CT molecular complexity index is 1660. The van der Waals surface area contributed by atoms with E-state index >= 15 is 0 Å². The van der Waals surface area contributed by atoms with Crippen LogP contribution in [0.4, 0.5) is 20.1 Å². The number of alkyl carbamates (subject to hydrolysis) is 3. The second-order valence-electron chi connectivity index (χ2n) is 19.0. The van der Waals surface area contributed by atoms with Gasteiger partial charge in [0.05, 0.1) is 57.2 Å². The lowest BCUT2D eigenvalue weighted by Crippen LogP contribution is -2.55. The van der Waals surface area contributed by atoms with Gasteiger partial charge in [-0.1, -0.05) is 50.3 Å². The number of quaternary nitrogens is 1. The number of amides is 5. The Hall–Kier alpha value is -4.66. The van der Waals surface area contributed by atoms with Gasteiger partial charge in [0.2, 0.25) is 11.8 Å². The van der Waals surface area contributed by atoms with Crippen LogP contribution < -0.4 is 26.6 Å². The fourth-order valence-corrected chi connectivity index (χ4v) is 7.00. The molecule has 1 aromatic heterocycles. The summed E-state index contributed by atoms with van der Waals surface area (Å²) in [5, 5.41) is 15.2. The van der Waals surface area contributed by atoms with Crippen LogP contribution in [0, 0.1) is 5.92 Å².